The number of rotatable bonds is 12. The molecule has 1 aromatic carbocycles. The van der Waals surface area contributed by atoms with E-state index in [1.54, 1.807) is 0 Å². The minimum absolute atomic E-state index is 0.0627. The van der Waals surface area contributed by atoms with E-state index in [1.165, 1.54) is 37.7 Å². The van der Waals surface area contributed by atoms with E-state index in [0.717, 1.165) is 51.6 Å². The topological polar surface area (TPSA) is 27.7 Å². The second kappa shape index (κ2) is 12.5. The van der Waals surface area contributed by atoms with E-state index in [4.69, 9.17) is 14.2 Å². The van der Waals surface area contributed by atoms with E-state index in [-0.39, 0.29) is 6.29 Å². The van der Waals surface area contributed by atoms with E-state index in [1.807, 2.05) is 6.07 Å². The molecule has 136 valence electrons. The third kappa shape index (κ3) is 8.81. The van der Waals surface area contributed by atoms with E-state index in [0.29, 0.717) is 0 Å². The highest BCUT2D eigenvalue weighted by Gasteiger charge is 2.14. The minimum Gasteiger partial charge on any atom is -0.377 e. The highest BCUT2D eigenvalue weighted by atomic mass is 16.7. The van der Waals surface area contributed by atoms with Crippen molar-refractivity contribution in [1.82, 2.24) is 0 Å². The lowest BCUT2D eigenvalue weighted by Crippen LogP contribution is -2.23. The molecule has 0 radical (unpaired) electrons. The van der Waals surface area contributed by atoms with Gasteiger partial charge in [-0.1, -0.05) is 56.5 Å². The van der Waals surface area contributed by atoms with Crippen LogP contribution in [0.15, 0.2) is 30.3 Å². The molecule has 0 bridgehead atoms. The van der Waals surface area contributed by atoms with Crippen LogP contribution >= 0.6 is 0 Å². The molecular weight excluding hydrogens is 300 g/mol. The largest absolute Gasteiger partial charge is 0.377 e. The van der Waals surface area contributed by atoms with Crippen molar-refractivity contribution in [2.75, 3.05) is 19.8 Å². The quantitative estimate of drug-likeness (QED) is 0.483. The molecule has 0 spiro atoms. The van der Waals surface area contributed by atoms with Gasteiger partial charge >= 0.3 is 0 Å². The van der Waals surface area contributed by atoms with E-state index in [2.05, 4.69) is 31.2 Å². The molecule has 3 nitrogen and oxygen atoms in total. The van der Waals surface area contributed by atoms with Crippen LogP contribution in [-0.2, 0) is 20.8 Å². The molecule has 0 amide bonds. The first-order valence-electron chi connectivity index (χ1n) is 9.69. The SMILES string of the molecule is C[C@@H](CCCCCOCc1ccccc1)CCOC1CCCCO1. The van der Waals surface area contributed by atoms with Crippen LogP contribution in [-0.4, -0.2) is 26.1 Å². The second-order valence-electron chi connectivity index (χ2n) is 6.95. The summed E-state index contributed by atoms with van der Waals surface area (Å²) in [6.07, 6.45) is 9.69. The van der Waals surface area contributed by atoms with Crippen LogP contribution in [0, 0.1) is 5.92 Å². The van der Waals surface area contributed by atoms with Crippen LogP contribution < -0.4 is 0 Å². The standard InChI is InChI=1S/C21H34O3/c1-19(14-17-24-21-13-7-9-16-23-21)10-4-3-8-15-22-18-20-11-5-2-6-12-20/h2,5-6,11-12,19,21H,3-4,7-10,13-18H2,1H3/t19-,21?/m0/s1. The Morgan fingerprint density at radius 1 is 1.04 bits per heavy atom. The zero-order valence-electron chi connectivity index (χ0n) is 15.3. The Hall–Kier alpha value is -0.900. The Balaban J connectivity index is 1.37. The molecule has 3 heteroatoms. The zero-order chi connectivity index (χ0) is 16.9. The number of hydrogen-bond acceptors (Lipinski definition) is 3. The summed E-state index contributed by atoms with van der Waals surface area (Å²) in [6.45, 7) is 5.64. The first-order chi connectivity index (χ1) is 11.8. The predicted octanol–water partition coefficient (Wildman–Crippen LogP) is 5.33. The molecule has 0 aromatic heterocycles. The average molecular weight is 335 g/mol. The molecule has 0 N–H and O–H groups in total. The third-order valence-corrected chi connectivity index (χ3v) is 4.65. The van der Waals surface area contributed by atoms with Gasteiger partial charge in [0.25, 0.3) is 0 Å². The van der Waals surface area contributed by atoms with Crippen molar-refractivity contribution in [3.63, 3.8) is 0 Å². The summed E-state index contributed by atoms with van der Waals surface area (Å²) in [6, 6.07) is 10.4. The van der Waals surface area contributed by atoms with Crippen molar-refractivity contribution in [3.05, 3.63) is 35.9 Å². The van der Waals surface area contributed by atoms with Gasteiger partial charge in [0.2, 0.25) is 0 Å². The van der Waals surface area contributed by atoms with Crippen molar-refractivity contribution in [2.45, 2.75) is 71.2 Å². The van der Waals surface area contributed by atoms with Gasteiger partial charge in [0, 0.05) is 19.8 Å². The predicted molar refractivity (Wildman–Crippen MR) is 97.9 cm³/mol. The summed E-state index contributed by atoms with van der Waals surface area (Å²) in [5.41, 5.74) is 1.26. The molecule has 1 fully saturated rings. The van der Waals surface area contributed by atoms with Gasteiger partial charge in [0.15, 0.2) is 6.29 Å². The number of unbranched alkanes of at least 4 members (excludes halogenated alkanes) is 2. The van der Waals surface area contributed by atoms with Gasteiger partial charge in [-0.05, 0) is 43.6 Å². The molecular formula is C21H34O3. The molecule has 24 heavy (non-hydrogen) atoms. The van der Waals surface area contributed by atoms with Gasteiger partial charge in [0.1, 0.15) is 0 Å². The molecule has 1 unspecified atom stereocenters. The van der Waals surface area contributed by atoms with Crippen LogP contribution in [0.3, 0.4) is 0 Å². The van der Waals surface area contributed by atoms with Gasteiger partial charge in [-0.3, -0.25) is 0 Å². The highest BCUT2D eigenvalue weighted by molar-refractivity contribution is 5.13. The Morgan fingerprint density at radius 3 is 2.71 bits per heavy atom. The molecule has 1 aromatic rings. The van der Waals surface area contributed by atoms with Gasteiger partial charge in [-0.25, -0.2) is 0 Å². The minimum atomic E-state index is 0.0627. The lowest BCUT2D eigenvalue weighted by atomic mass is 10.0. The van der Waals surface area contributed by atoms with Crippen LogP contribution in [0.25, 0.3) is 0 Å². The van der Waals surface area contributed by atoms with Gasteiger partial charge in [-0.2, -0.15) is 0 Å². The van der Waals surface area contributed by atoms with Crippen molar-refractivity contribution >= 4 is 0 Å². The fraction of sp³-hybridized carbons (Fsp3) is 0.714. The summed E-state index contributed by atoms with van der Waals surface area (Å²) < 4.78 is 17.1. The first kappa shape index (κ1) is 19.4. The zero-order valence-corrected chi connectivity index (χ0v) is 15.3. The summed E-state index contributed by atoms with van der Waals surface area (Å²) in [5.74, 6) is 0.735. The van der Waals surface area contributed by atoms with Crippen LogP contribution in [0.4, 0.5) is 0 Å². The van der Waals surface area contributed by atoms with Crippen LogP contribution in [0.5, 0.6) is 0 Å². The van der Waals surface area contributed by atoms with Gasteiger partial charge < -0.3 is 14.2 Å². The molecule has 2 rings (SSSR count). The smallest absolute Gasteiger partial charge is 0.157 e. The normalized spacial score (nSPS) is 19.3. The Kier molecular flexibility index (Phi) is 10.1. The Bertz CT molecular complexity index is 401. The van der Waals surface area contributed by atoms with Crippen molar-refractivity contribution in [1.29, 1.82) is 0 Å². The maximum absolute atomic E-state index is 5.81. The molecule has 0 saturated carbocycles. The summed E-state index contributed by atoms with van der Waals surface area (Å²) in [5, 5.41) is 0. The Morgan fingerprint density at radius 2 is 1.92 bits per heavy atom. The fourth-order valence-electron chi connectivity index (χ4n) is 3.03. The first-order valence-corrected chi connectivity index (χ1v) is 9.69. The second-order valence-corrected chi connectivity index (χ2v) is 6.95. The summed E-state index contributed by atoms with van der Waals surface area (Å²) in [7, 11) is 0. The maximum atomic E-state index is 5.81. The van der Waals surface area contributed by atoms with Gasteiger partial charge in [-0.15, -0.1) is 0 Å². The van der Waals surface area contributed by atoms with Crippen molar-refractivity contribution in [3.8, 4) is 0 Å². The van der Waals surface area contributed by atoms with Crippen LogP contribution in [0.2, 0.25) is 0 Å². The van der Waals surface area contributed by atoms with E-state index in [9.17, 15) is 0 Å². The average Bonchev–Trinajstić information content (AvgIpc) is 2.63. The summed E-state index contributed by atoms with van der Waals surface area (Å²) in [4.78, 5) is 0. The van der Waals surface area contributed by atoms with Crippen molar-refractivity contribution < 1.29 is 14.2 Å². The molecule has 1 aliphatic heterocycles. The monoisotopic (exact) mass is 334 g/mol. The fourth-order valence-corrected chi connectivity index (χ4v) is 3.03. The van der Waals surface area contributed by atoms with Crippen LogP contribution in [0.1, 0.15) is 63.9 Å². The highest BCUT2D eigenvalue weighted by Crippen LogP contribution is 2.17. The lowest BCUT2D eigenvalue weighted by molar-refractivity contribution is -0.164. The van der Waals surface area contributed by atoms with E-state index >= 15 is 0 Å². The Labute approximate surface area is 147 Å². The number of ether oxygens (including phenoxy) is 3. The molecule has 1 aliphatic rings. The number of hydrogen-bond donors (Lipinski definition) is 0. The number of benzene rings is 1. The lowest BCUT2D eigenvalue weighted by Gasteiger charge is -2.23. The molecule has 1 saturated heterocycles. The van der Waals surface area contributed by atoms with Gasteiger partial charge in [0.05, 0.1) is 6.61 Å². The maximum Gasteiger partial charge on any atom is 0.157 e. The van der Waals surface area contributed by atoms with E-state index < -0.39 is 0 Å². The molecule has 0 aliphatic carbocycles. The molecule has 2 atom stereocenters. The van der Waals surface area contributed by atoms with Crippen molar-refractivity contribution in [2.24, 2.45) is 5.92 Å². The molecule has 1 heterocycles. The third-order valence-electron chi connectivity index (χ3n) is 4.65. The summed E-state index contributed by atoms with van der Waals surface area (Å²) >= 11 is 0.